The molecule has 0 saturated carbocycles. The minimum atomic E-state index is -3.10. The molecule has 0 radical (unpaired) electrons. The molecule has 0 aliphatic heterocycles. The highest BCUT2D eigenvalue weighted by Crippen LogP contribution is 2.16. The lowest BCUT2D eigenvalue weighted by Gasteiger charge is -2.09. The van der Waals surface area contributed by atoms with Crippen LogP contribution in [-0.2, 0) is 21.2 Å². The van der Waals surface area contributed by atoms with Crippen LogP contribution >= 0.6 is 0 Å². The number of para-hydroxylation sites is 1. The molecule has 6 heteroatoms. The van der Waals surface area contributed by atoms with E-state index in [-0.39, 0.29) is 18.1 Å². The Bertz CT molecular complexity index is 511. The van der Waals surface area contributed by atoms with Crippen molar-refractivity contribution in [2.75, 3.05) is 19.1 Å². The third-order valence-electron chi connectivity index (χ3n) is 2.37. The molecule has 1 aromatic rings. The summed E-state index contributed by atoms with van der Waals surface area (Å²) in [6.45, 7) is 0.326. The number of hydrogen-bond donors (Lipinski definition) is 1. The quantitative estimate of drug-likeness (QED) is 0.828. The second-order valence-electron chi connectivity index (χ2n) is 3.97. The fraction of sp³-hybridized carbons (Fsp3) is 0.417. The number of carbonyl (C=O) groups is 1. The van der Waals surface area contributed by atoms with Crippen LogP contribution in [-0.4, -0.2) is 33.4 Å². The number of rotatable bonds is 6. The first-order valence-corrected chi connectivity index (χ1v) is 7.55. The van der Waals surface area contributed by atoms with E-state index in [1.807, 2.05) is 18.2 Å². The summed E-state index contributed by atoms with van der Waals surface area (Å²) in [7, 11) is -1.54. The van der Waals surface area contributed by atoms with Crippen molar-refractivity contribution in [2.45, 2.75) is 13.0 Å². The van der Waals surface area contributed by atoms with Gasteiger partial charge in [0, 0.05) is 24.8 Å². The summed E-state index contributed by atoms with van der Waals surface area (Å²) in [6.07, 6.45) is 1.09. The number of benzene rings is 1. The van der Waals surface area contributed by atoms with E-state index in [1.165, 1.54) is 0 Å². The van der Waals surface area contributed by atoms with Crippen LogP contribution in [0.4, 0.5) is 0 Å². The molecule has 0 atom stereocenters. The van der Waals surface area contributed by atoms with Gasteiger partial charge in [0.25, 0.3) is 0 Å². The van der Waals surface area contributed by atoms with Crippen molar-refractivity contribution >= 4 is 15.7 Å². The standard InChI is InChI=1S/C12H17NO4S/c1-17-11-6-4-3-5-10(11)9-13-12(14)7-8-18(2,15)16/h3-6H,7-9H2,1-2H3,(H,13,14). The Morgan fingerprint density at radius 2 is 2.00 bits per heavy atom. The van der Waals surface area contributed by atoms with Gasteiger partial charge in [-0.25, -0.2) is 8.42 Å². The molecule has 0 fully saturated rings. The minimum Gasteiger partial charge on any atom is -0.496 e. The molecule has 0 unspecified atom stereocenters. The van der Waals surface area contributed by atoms with Gasteiger partial charge in [0.15, 0.2) is 0 Å². The first-order valence-electron chi connectivity index (χ1n) is 5.48. The zero-order valence-corrected chi connectivity index (χ0v) is 11.3. The summed E-state index contributed by atoms with van der Waals surface area (Å²) in [5.41, 5.74) is 0.854. The molecule has 1 aromatic carbocycles. The van der Waals surface area contributed by atoms with E-state index in [2.05, 4.69) is 5.32 Å². The van der Waals surface area contributed by atoms with Crippen LogP contribution in [0.15, 0.2) is 24.3 Å². The molecule has 0 aromatic heterocycles. The Balaban J connectivity index is 2.47. The lowest BCUT2D eigenvalue weighted by Crippen LogP contribution is -2.25. The summed E-state index contributed by atoms with van der Waals surface area (Å²) in [5, 5.41) is 2.66. The first kappa shape index (κ1) is 14.5. The zero-order valence-electron chi connectivity index (χ0n) is 10.5. The topological polar surface area (TPSA) is 72.5 Å². The van der Waals surface area contributed by atoms with Gasteiger partial charge in [0.05, 0.1) is 12.9 Å². The average molecular weight is 271 g/mol. The van der Waals surface area contributed by atoms with Crippen LogP contribution in [0.1, 0.15) is 12.0 Å². The molecule has 0 bridgehead atoms. The first-order chi connectivity index (χ1) is 8.42. The van der Waals surface area contributed by atoms with Gasteiger partial charge in [0.1, 0.15) is 15.6 Å². The van der Waals surface area contributed by atoms with Gasteiger partial charge in [-0.3, -0.25) is 4.79 Å². The summed E-state index contributed by atoms with van der Waals surface area (Å²) in [4.78, 5) is 11.4. The van der Waals surface area contributed by atoms with Crippen molar-refractivity contribution in [3.05, 3.63) is 29.8 Å². The van der Waals surface area contributed by atoms with Gasteiger partial charge < -0.3 is 10.1 Å². The predicted molar refractivity (Wildman–Crippen MR) is 69.2 cm³/mol. The highest BCUT2D eigenvalue weighted by atomic mass is 32.2. The van der Waals surface area contributed by atoms with Gasteiger partial charge in [-0.1, -0.05) is 18.2 Å². The maximum Gasteiger partial charge on any atom is 0.221 e. The largest absolute Gasteiger partial charge is 0.496 e. The Labute approximate surface area is 107 Å². The molecule has 1 amide bonds. The van der Waals surface area contributed by atoms with E-state index in [4.69, 9.17) is 4.74 Å². The molecule has 0 heterocycles. The van der Waals surface area contributed by atoms with E-state index in [9.17, 15) is 13.2 Å². The average Bonchev–Trinajstić information content (AvgIpc) is 2.33. The highest BCUT2D eigenvalue weighted by molar-refractivity contribution is 7.90. The number of hydrogen-bond acceptors (Lipinski definition) is 4. The van der Waals surface area contributed by atoms with Gasteiger partial charge in [-0.15, -0.1) is 0 Å². The third-order valence-corrected chi connectivity index (χ3v) is 3.31. The lowest BCUT2D eigenvalue weighted by atomic mass is 10.2. The summed E-state index contributed by atoms with van der Waals surface area (Å²) >= 11 is 0. The number of nitrogens with one attached hydrogen (secondary N) is 1. The fourth-order valence-corrected chi connectivity index (χ4v) is 1.97. The van der Waals surface area contributed by atoms with Crippen molar-refractivity contribution in [3.8, 4) is 5.75 Å². The second kappa shape index (κ2) is 6.39. The van der Waals surface area contributed by atoms with Crippen molar-refractivity contribution in [2.24, 2.45) is 0 Å². The van der Waals surface area contributed by atoms with Crippen molar-refractivity contribution in [1.29, 1.82) is 0 Å². The molecule has 18 heavy (non-hydrogen) atoms. The lowest BCUT2D eigenvalue weighted by molar-refractivity contribution is -0.120. The smallest absolute Gasteiger partial charge is 0.221 e. The summed E-state index contributed by atoms with van der Waals surface area (Å²) < 4.78 is 27.0. The van der Waals surface area contributed by atoms with E-state index in [0.29, 0.717) is 12.3 Å². The molecule has 1 rings (SSSR count). The predicted octanol–water partition coefficient (Wildman–Crippen LogP) is 0.746. The molecule has 0 aliphatic carbocycles. The fourth-order valence-electron chi connectivity index (χ4n) is 1.41. The Morgan fingerprint density at radius 1 is 1.33 bits per heavy atom. The second-order valence-corrected chi connectivity index (χ2v) is 6.23. The van der Waals surface area contributed by atoms with Crippen LogP contribution in [0.5, 0.6) is 5.75 Å². The molecule has 100 valence electrons. The van der Waals surface area contributed by atoms with Crippen LogP contribution in [0.25, 0.3) is 0 Å². The van der Waals surface area contributed by atoms with Crippen LogP contribution in [0.3, 0.4) is 0 Å². The molecule has 1 N–H and O–H groups in total. The van der Waals surface area contributed by atoms with E-state index >= 15 is 0 Å². The minimum absolute atomic E-state index is 0.0199. The van der Waals surface area contributed by atoms with Crippen LogP contribution < -0.4 is 10.1 Å². The molecular formula is C12H17NO4S. The van der Waals surface area contributed by atoms with Crippen molar-refractivity contribution < 1.29 is 17.9 Å². The zero-order chi connectivity index (χ0) is 13.6. The highest BCUT2D eigenvalue weighted by Gasteiger charge is 2.08. The number of methoxy groups -OCH3 is 1. The van der Waals surface area contributed by atoms with Gasteiger partial charge in [-0.2, -0.15) is 0 Å². The van der Waals surface area contributed by atoms with Crippen LogP contribution in [0.2, 0.25) is 0 Å². The maximum absolute atomic E-state index is 11.4. The Hall–Kier alpha value is -1.56. The van der Waals surface area contributed by atoms with E-state index in [0.717, 1.165) is 11.8 Å². The van der Waals surface area contributed by atoms with Crippen molar-refractivity contribution in [1.82, 2.24) is 5.32 Å². The van der Waals surface area contributed by atoms with E-state index in [1.54, 1.807) is 13.2 Å². The normalized spacial score (nSPS) is 11.0. The molecule has 0 spiro atoms. The monoisotopic (exact) mass is 271 g/mol. The van der Waals surface area contributed by atoms with Gasteiger partial charge in [0.2, 0.25) is 5.91 Å². The molecule has 0 aliphatic rings. The molecular weight excluding hydrogens is 254 g/mol. The number of carbonyl (C=O) groups excluding carboxylic acids is 1. The van der Waals surface area contributed by atoms with Crippen LogP contribution in [0, 0.1) is 0 Å². The molecule has 0 saturated heterocycles. The summed E-state index contributed by atoms with van der Waals surface area (Å²) in [5.74, 6) is 0.275. The summed E-state index contributed by atoms with van der Waals surface area (Å²) in [6, 6.07) is 7.34. The SMILES string of the molecule is COc1ccccc1CNC(=O)CCS(C)(=O)=O. The number of ether oxygens (including phenoxy) is 1. The van der Waals surface area contributed by atoms with E-state index < -0.39 is 9.84 Å². The maximum atomic E-state index is 11.4. The third kappa shape index (κ3) is 5.18. The molecule has 5 nitrogen and oxygen atoms in total. The van der Waals surface area contributed by atoms with Crippen molar-refractivity contribution in [3.63, 3.8) is 0 Å². The number of sulfone groups is 1. The Kier molecular flexibility index (Phi) is 5.15. The van der Waals surface area contributed by atoms with Gasteiger partial charge >= 0.3 is 0 Å². The number of amides is 1. The van der Waals surface area contributed by atoms with Gasteiger partial charge in [-0.05, 0) is 6.07 Å². The Morgan fingerprint density at radius 3 is 2.61 bits per heavy atom.